The summed E-state index contributed by atoms with van der Waals surface area (Å²) in [5.74, 6) is -0.172. The first-order valence-electron chi connectivity index (χ1n) is 6.57. The summed E-state index contributed by atoms with van der Waals surface area (Å²) in [5, 5.41) is 4.00. The number of nitrogens with one attached hydrogen (secondary N) is 1. The highest BCUT2D eigenvalue weighted by molar-refractivity contribution is 7.98. The zero-order valence-corrected chi connectivity index (χ0v) is 14.9. The lowest BCUT2D eigenvalue weighted by Crippen LogP contribution is -2.51. The SMILES string of the molecule is CSc1cc(C(=O)NC2(CN)CCCC2)c(Cl)cc1Cl.Cl. The van der Waals surface area contributed by atoms with Crippen LogP contribution in [0.25, 0.3) is 0 Å². The summed E-state index contributed by atoms with van der Waals surface area (Å²) in [6, 6.07) is 3.36. The topological polar surface area (TPSA) is 55.1 Å². The molecular formula is C14H19Cl3N2OS. The molecule has 1 aromatic rings. The van der Waals surface area contributed by atoms with Gasteiger partial charge in [-0.15, -0.1) is 24.2 Å². The van der Waals surface area contributed by atoms with E-state index in [0.717, 1.165) is 30.6 Å². The van der Waals surface area contributed by atoms with Crippen molar-refractivity contribution in [2.24, 2.45) is 5.73 Å². The maximum Gasteiger partial charge on any atom is 0.253 e. The van der Waals surface area contributed by atoms with Crippen molar-refractivity contribution in [3.8, 4) is 0 Å². The number of thioether (sulfide) groups is 1. The summed E-state index contributed by atoms with van der Waals surface area (Å²) < 4.78 is 0. The smallest absolute Gasteiger partial charge is 0.253 e. The van der Waals surface area contributed by atoms with Crippen LogP contribution >= 0.6 is 47.4 Å². The highest BCUT2D eigenvalue weighted by Crippen LogP contribution is 2.33. The molecule has 0 atom stereocenters. The molecule has 0 aromatic heterocycles. The Morgan fingerprint density at radius 1 is 1.33 bits per heavy atom. The number of halogens is 3. The fourth-order valence-electron chi connectivity index (χ4n) is 2.60. The van der Waals surface area contributed by atoms with Crippen molar-refractivity contribution < 1.29 is 4.79 Å². The second-order valence-electron chi connectivity index (χ2n) is 5.11. The van der Waals surface area contributed by atoms with E-state index in [1.807, 2.05) is 6.26 Å². The molecule has 0 saturated heterocycles. The van der Waals surface area contributed by atoms with Crippen molar-refractivity contribution >= 4 is 53.3 Å². The molecule has 1 aromatic carbocycles. The van der Waals surface area contributed by atoms with E-state index in [1.165, 1.54) is 11.8 Å². The average molecular weight is 370 g/mol. The van der Waals surface area contributed by atoms with Gasteiger partial charge in [-0.25, -0.2) is 0 Å². The van der Waals surface area contributed by atoms with E-state index in [4.69, 9.17) is 28.9 Å². The monoisotopic (exact) mass is 368 g/mol. The van der Waals surface area contributed by atoms with Crippen LogP contribution in [0, 0.1) is 0 Å². The van der Waals surface area contributed by atoms with Gasteiger partial charge in [0.15, 0.2) is 0 Å². The van der Waals surface area contributed by atoms with Gasteiger partial charge in [-0.2, -0.15) is 0 Å². The first-order chi connectivity index (χ1) is 9.51. The lowest BCUT2D eigenvalue weighted by atomic mass is 9.97. The summed E-state index contributed by atoms with van der Waals surface area (Å²) in [6.45, 7) is 0.458. The largest absolute Gasteiger partial charge is 0.345 e. The standard InChI is InChI=1S/C14H18Cl2N2OS.ClH/c1-20-12-6-9(10(15)7-11(12)16)13(19)18-14(8-17)4-2-3-5-14;/h6-7H,2-5,8,17H2,1H3,(H,18,19);1H. The van der Waals surface area contributed by atoms with Crippen LogP contribution in [0.5, 0.6) is 0 Å². The van der Waals surface area contributed by atoms with Crippen molar-refractivity contribution in [3.05, 3.63) is 27.7 Å². The molecular weight excluding hydrogens is 351 g/mol. The minimum Gasteiger partial charge on any atom is -0.345 e. The minimum atomic E-state index is -0.278. The number of hydrogen-bond acceptors (Lipinski definition) is 3. The summed E-state index contributed by atoms with van der Waals surface area (Å²) in [4.78, 5) is 13.3. The molecule has 1 aliphatic rings. The molecule has 0 unspecified atom stereocenters. The number of nitrogens with two attached hydrogens (primary N) is 1. The average Bonchev–Trinajstić information content (AvgIpc) is 2.88. The van der Waals surface area contributed by atoms with Crippen molar-refractivity contribution in [2.75, 3.05) is 12.8 Å². The van der Waals surface area contributed by atoms with Crippen molar-refractivity contribution in [1.82, 2.24) is 5.32 Å². The fourth-order valence-corrected chi connectivity index (χ4v) is 3.79. The first kappa shape index (κ1) is 18.9. The van der Waals surface area contributed by atoms with Crippen LogP contribution in [-0.4, -0.2) is 24.2 Å². The van der Waals surface area contributed by atoms with Gasteiger partial charge >= 0.3 is 0 Å². The van der Waals surface area contributed by atoms with Crippen LogP contribution in [0.4, 0.5) is 0 Å². The van der Waals surface area contributed by atoms with Gasteiger partial charge in [-0.05, 0) is 31.2 Å². The second-order valence-corrected chi connectivity index (χ2v) is 6.77. The molecule has 118 valence electrons. The van der Waals surface area contributed by atoms with Gasteiger partial charge < -0.3 is 11.1 Å². The molecule has 3 N–H and O–H groups in total. The van der Waals surface area contributed by atoms with Crippen molar-refractivity contribution in [1.29, 1.82) is 0 Å². The highest BCUT2D eigenvalue weighted by atomic mass is 35.5. The van der Waals surface area contributed by atoms with Gasteiger partial charge in [0.25, 0.3) is 5.91 Å². The lowest BCUT2D eigenvalue weighted by molar-refractivity contribution is 0.0903. The van der Waals surface area contributed by atoms with Gasteiger partial charge in [0.05, 0.1) is 21.1 Å². The molecule has 0 heterocycles. The molecule has 0 bridgehead atoms. The molecule has 7 heteroatoms. The Labute approximate surface area is 145 Å². The molecule has 0 aliphatic heterocycles. The zero-order chi connectivity index (χ0) is 14.8. The molecule has 2 rings (SSSR count). The fraction of sp³-hybridized carbons (Fsp3) is 0.500. The van der Waals surface area contributed by atoms with Gasteiger partial charge in [-0.3, -0.25) is 4.79 Å². The maximum atomic E-state index is 12.5. The van der Waals surface area contributed by atoms with Crippen LogP contribution in [0.1, 0.15) is 36.0 Å². The molecule has 1 fully saturated rings. The van der Waals surface area contributed by atoms with Crippen LogP contribution in [0.15, 0.2) is 17.0 Å². The summed E-state index contributed by atoms with van der Waals surface area (Å²) >= 11 is 13.7. The van der Waals surface area contributed by atoms with E-state index >= 15 is 0 Å². The lowest BCUT2D eigenvalue weighted by Gasteiger charge is -2.29. The van der Waals surface area contributed by atoms with Crippen LogP contribution in [0.2, 0.25) is 10.0 Å². The second kappa shape index (κ2) is 7.93. The van der Waals surface area contributed by atoms with E-state index in [-0.39, 0.29) is 23.9 Å². The van der Waals surface area contributed by atoms with Gasteiger partial charge in [-0.1, -0.05) is 36.0 Å². The Hall–Kier alpha value is -0.130. The van der Waals surface area contributed by atoms with E-state index in [2.05, 4.69) is 5.32 Å². The predicted octanol–water partition coefficient (Wildman–Crippen LogP) is 4.14. The highest BCUT2D eigenvalue weighted by Gasteiger charge is 2.34. The first-order valence-corrected chi connectivity index (χ1v) is 8.55. The Morgan fingerprint density at radius 2 is 1.95 bits per heavy atom. The van der Waals surface area contributed by atoms with E-state index in [9.17, 15) is 4.79 Å². The van der Waals surface area contributed by atoms with Crippen LogP contribution < -0.4 is 11.1 Å². The zero-order valence-electron chi connectivity index (χ0n) is 11.7. The Balaban J connectivity index is 0.00000220. The number of benzene rings is 1. The van der Waals surface area contributed by atoms with E-state index < -0.39 is 0 Å². The third-order valence-electron chi connectivity index (χ3n) is 3.82. The third-order valence-corrected chi connectivity index (χ3v) is 5.33. The maximum absolute atomic E-state index is 12.5. The third kappa shape index (κ3) is 4.20. The summed E-state index contributed by atoms with van der Waals surface area (Å²) in [5.41, 5.74) is 6.02. The summed E-state index contributed by atoms with van der Waals surface area (Å²) in [6.07, 6.45) is 5.96. The number of hydrogen-bond donors (Lipinski definition) is 2. The normalized spacial score (nSPS) is 16.4. The molecule has 21 heavy (non-hydrogen) atoms. The van der Waals surface area contributed by atoms with Crippen molar-refractivity contribution in [3.63, 3.8) is 0 Å². The van der Waals surface area contributed by atoms with Gasteiger partial charge in [0, 0.05) is 11.4 Å². The number of amides is 1. The molecule has 0 spiro atoms. The molecule has 1 saturated carbocycles. The summed E-state index contributed by atoms with van der Waals surface area (Å²) in [7, 11) is 0. The van der Waals surface area contributed by atoms with Gasteiger partial charge in [0.2, 0.25) is 0 Å². The molecule has 0 radical (unpaired) electrons. The molecule has 1 aliphatic carbocycles. The van der Waals surface area contributed by atoms with E-state index in [1.54, 1.807) is 12.1 Å². The number of rotatable bonds is 4. The molecule has 1 amide bonds. The quantitative estimate of drug-likeness (QED) is 0.784. The Bertz CT molecular complexity index is 519. The number of carbonyl (C=O) groups excluding carboxylic acids is 1. The number of carbonyl (C=O) groups is 1. The molecule has 3 nitrogen and oxygen atoms in total. The van der Waals surface area contributed by atoms with Crippen molar-refractivity contribution in [2.45, 2.75) is 36.1 Å². The predicted molar refractivity (Wildman–Crippen MR) is 93.2 cm³/mol. The van der Waals surface area contributed by atoms with Gasteiger partial charge in [0.1, 0.15) is 0 Å². The van der Waals surface area contributed by atoms with Crippen LogP contribution in [-0.2, 0) is 0 Å². The van der Waals surface area contributed by atoms with Crippen LogP contribution in [0.3, 0.4) is 0 Å². The Kier molecular flexibility index (Phi) is 7.14. The Morgan fingerprint density at radius 3 is 2.48 bits per heavy atom. The van der Waals surface area contributed by atoms with E-state index in [0.29, 0.717) is 22.2 Å². The minimum absolute atomic E-state index is 0.